The van der Waals surface area contributed by atoms with Crippen molar-refractivity contribution < 1.29 is 18.3 Å². The van der Waals surface area contributed by atoms with E-state index in [1.165, 1.54) is 16.9 Å². The average molecular weight is 253 g/mol. The van der Waals surface area contributed by atoms with Crippen LogP contribution in [0, 0.1) is 0 Å². The van der Waals surface area contributed by atoms with Crippen molar-refractivity contribution in [2.75, 3.05) is 5.73 Å². The van der Waals surface area contributed by atoms with E-state index in [4.69, 9.17) is 5.73 Å². The predicted octanol–water partition coefficient (Wildman–Crippen LogP) is 1.83. The molecule has 18 heavy (non-hydrogen) atoms. The molecule has 0 aliphatic heterocycles. The number of nitrogen functional groups attached to an aromatic ring is 1. The molecule has 1 aromatic carbocycles. The lowest BCUT2D eigenvalue weighted by atomic mass is 10.3. The molecule has 94 valence electrons. The standard InChI is InChI=1S/C11H9F2N3O2/c12-11(13)18-10(17)9-5-6-16(15-9)8-3-1-7(14)2-4-8/h1-6,11H,14H2. The number of hydrogen-bond donors (Lipinski definition) is 1. The first-order chi connectivity index (χ1) is 8.56. The van der Waals surface area contributed by atoms with Gasteiger partial charge in [-0.25, -0.2) is 9.48 Å². The van der Waals surface area contributed by atoms with E-state index in [0.717, 1.165) is 0 Å². The van der Waals surface area contributed by atoms with Crippen LogP contribution in [0.2, 0.25) is 0 Å². The SMILES string of the molecule is Nc1ccc(-n2ccc(C(=O)OC(F)F)n2)cc1. The Labute approximate surface area is 101 Å². The second kappa shape index (κ2) is 4.82. The minimum Gasteiger partial charge on any atom is -0.399 e. The molecule has 2 N–H and O–H groups in total. The molecule has 0 radical (unpaired) electrons. The molecule has 2 aromatic rings. The van der Waals surface area contributed by atoms with E-state index in [-0.39, 0.29) is 5.69 Å². The maximum absolute atomic E-state index is 11.9. The monoisotopic (exact) mass is 253 g/mol. The number of ether oxygens (including phenoxy) is 1. The second-order valence-corrected chi connectivity index (χ2v) is 3.40. The smallest absolute Gasteiger partial charge is 0.389 e. The zero-order valence-electron chi connectivity index (χ0n) is 9.09. The summed E-state index contributed by atoms with van der Waals surface area (Å²) in [5.41, 5.74) is 6.58. The van der Waals surface area contributed by atoms with Gasteiger partial charge in [-0.1, -0.05) is 0 Å². The van der Waals surface area contributed by atoms with Crippen molar-refractivity contribution >= 4 is 11.7 Å². The van der Waals surface area contributed by atoms with Crippen LogP contribution in [0.4, 0.5) is 14.5 Å². The molecule has 0 aliphatic carbocycles. The summed E-state index contributed by atoms with van der Waals surface area (Å²) in [5, 5.41) is 3.83. The van der Waals surface area contributed by atoms with Crippen molar-refractivity contribution in [3.63, 3.8) is 0 Å². The topological polar surface area (TPSA) is 70.1 Å². The summed E-state index contributed by atoms with van der Waals surface area (Å²) in [6.45, 7) is -3.15. The average Bonchev–Trinajstić information content (AvgIpc) is 2.78. The molecule has 0 amide bonds. The van der Waals surface area contributed by atoms with E-state index in [1.54, 1.807) is 24.3 Å². The normalized spacial score (nSPS) is 10.6. The minimum atomic E-state index is -3.15. The van der Waals surface area contributed by atoms with Crippen LogP contribution < -0.4 is 5.73 Å². The Bertz CT molecular complexity index is 552. The molecular weight excluding hydrogens is 244 g/mol. The number of esters is 1. The van der Waals surface area contributed by atoms with Gasteiger partial charge in [0.25, 0.3) is 0 Å². The number of carbonyl (C=O) groups is 1. The fourth-order valence-electron chi connectivity index (χ4n) is 1.34. The van der Waals surface area contributed by atoms with E-state index >= 15 is 0 Å². The number of nitrogens with zero attached hydrogens (tertiary/aromatic N) is 2. The predicted molar refractivity (Wildman–Crippen MR) is 59.4 cm³/mol. The first-order valence-electron chi connectivity index (χ1n) is 4.97. The highest BCUT2D eigenvalue weighted by atomic mass is 19.3. The van der Waals surface area contributed by atoms with Crippen molar-refractivity contribution in [2.45, 2.75) is 6.61 Å². The molecular formula is C11H9F2N3O2. The van der Waals surface area contributed by atoms with Gasteiger partial charge in [0.1, 0.15) is 0 Å². The molecule has 0 saturated carbocycles. The zero-order valence-corrected chi connectivity index (χ0v) is 9.09. The maximum Gasteiger partial charge on any atom is 0.389 e. The van der Waals surface area contributed by atoms with Crippen LogP contribution in [0.3, 0.4) is 0 Å². The van der Waals surface area contributed by atoms with Gasteiger partial charge in [0.15, 0.2) is 5.69 Å². The van der Waals surface area contributed by atoms with Crippen molar-refractivity contribution in [3.8, 4) is 5.69 Å². The molecule has 0 saturated heterocycles. The summed E-state index contributed by atoms with van der Waals surface area (Å²) < 4.78 is 28.8. The molecule has 5 nitrogen and oxygen atoms in total. The summed E-state index contributed by atoms with van der Waals surface area (Å²) in [6.07, 6.45) is 1.47. The second-order valence-electron chi connectivity index (χ2n) is 3.40. The van der Waals surface area contributed by atoms with Gasteiger partial charge in [0.2, 0.25) is 0 Å². The number of rotatable bonds is 3. The largest absolute Gasteiger partial charge is 0.399 e. The molecule has 2 rings (SSSR count). The van der Waals surface area contributed by atoms with Gasteiger partial charge in [-0.15, -0.1) is 0 Å². The van der Waals surface area contributed by atoms with Crippen LogP contribution in [0.15, 0.2) is 36.5 Å². The first-order valence-corrected chi connectivity index (χ1v) is 4.97. The summed E-state index contributed by atoms with van der Waals surface area (Å²) in [4.78, 5) is 11.2. The van der Waals surface area contributed by atoms with Crippen molar-refractivity contribution in [1.29, 1.82) is 0 Å². The molecule has 0 atom stereocenters. The molecule has 1 heterocycles. The lowest BCUT2D eigenvalue weighted by molar-refractivity contribution is -0.0909. The van der Waals surface area contributed by atoms with Crippen LogP contribution in [0.5, 0.6) is 0 Å². The third-order valence-corrected chi connectivity index (χ3v) is 2.15. The number of carbonyl (C=O) groups excluding carboxylic acids is 1. The number of alkyl halides is 2. The third kappa shape index (κ3) is 2.62. The summed E-state index contributed by atoms with van der Waals surface area (Å²) in [6, 6.07) is 7.98. The minimum absolute atomic E-state index is 0.188. The van der Waals surface area contributed by atoms with Gasteiger partial charge < -0.3 is 10.5 Å². The van der Waals surface area contributed by atoms with Gasteiger partial charge in [-0.2, -0.15) is 13.9 Å². The molecule has 0 bridgehead atoms. The number of halogens is 2. The van der Waals surface area contributed by atoms with Crippen molar-refractivity contribution in [2.24, 2.45) is 0 Å². The van der Waals surface area contributed by atoms with Crippen LogP contribution in [-0.2, 0) is 4.74 Å². The number of aromatic nitrogens is 2. The number of hydrogen-bond acceptors (Lipinski definition) is 4. The molecule has 0 spiro atoms. The van der Waals surface area contributed by atoms with Gasteiger partial charge in [-0.05, 0) is 30.3 Å². The Morgan fingerprint density at radius 2 is 1.94 bits per heavy atom. The summed E-state index contributed by atoms with van der Waals surface area (Å²) in [5.74, 6) is -1.17. The van der Waals surface area contributed by atoms with Crippen LogP contribution >= 0.6 is 0 Å². The van der Waals surface area contributed by atoms with E-state index in [0.29, 0.717) is 11.4 Å². The van der Waals surface area contributed by atoms with E-state index in [1.807, 2.05) is 0 Å². The maximum atomic E-state index is 11.9. The van der Waals surface area contributed by atoms with E-state index < -0.39 is 12.6 Å². The number of anilines is 1. The molecule has 7 heteroatoms. The molecule has 0 aliphatic rings. The van der Waals surface area contributed by atoms with E-state index in [9.17, 15) is 13.6 Å². The third-order valence-electron chi connectivity index (χ3n) is 2.15. The van der Waals surface area contributed by atoms with Gasteiger partial charge in [0.05, 0.1) is 5.69 Å². The fraction of sp³-hybridized carbons (Fsp3) is 0.0909. The van der Waals surface area contributed by atoms with E-state index in [2.05, 4.69) is 9.84 Å². The number of nitrogens with two attached hydrogens (primary N) is 1. The lowest BCUT2D eigenvalue weighted by Gasteiger charge is -2.02. The lowest BCUT2D eigenvalue weighted by Crippen LogP contribution is -2.10. The molecule has 0 unspecified atom stereocenters. The Morgan fingerprint density at radius 1 is 1.28 bits per heavy atom. The fourth-order valence-corrected chi connectivity index (χ4v) is 1.34. The Balaban J connectivity index is 2.20. The Morgan fingerprint density at radius 3 is 2.56 bits per heavy atom. The highest BCUT2D eigenvalue weighted by Gasteiger charge is 2.16. The number of benzene rings is 1. The molecule has 1 aromatic heterocycles. The molecule has 0 fully saturated rings. The van der Waals surface area contributed by atoms with Crippen LogP contribution in [-0.4, -0.2) is 22.4 Å². The van der Waals surface area contributed by atoms with Crippen LogP contribution in [0.1, 0.15) is 10.5 Å². The summed E-state index contributed by atoms with van der Waals surface area (Å²) in [7, 11) is 0. The van der Waals surface area contributed by atoms with Gasteiger partial charge in [-0.3, -0.25) is 0 Å². The Hall–Kier alpha value is -2.44. The highest BCUT2D eigenvalue weighted by molar-refractivity contribution is 5.87. The van der Waals surface area contributed by atoms with Crippen molar-refractivity contribution in [1.82, 2.24) is 9.78 Å². The summed E-state index contributed by atoms with van der Waals surface area (Å²) >= 11 is 0. The first kappa shape index (κ1) is 12.0. The highest BCUT2D eigenvalue weighted by Crippen LogP contribution is 2.11. The Kier molecular flexibility index (Phi) is 3.22. The van der Waals surface area contributed by atoms with Crippen LogP contribution in [0.25, 0.3) is 5.69 Å². The van der Waals surface area contributed by atoms with Crippen molar-refractivity contribution in [3.05, 3.63) is 42.2 Å². The zero-order chi connectivity index (χ0) is 13.1. The quantitative estimate of drug-likeness (QED) is 0.669. The van der Waals surface area contributed by atoms with Gasteiger partial charge >= 0.3 is 12.6 Å². The van der Waals surface area contributed by atoms with Gasteiger partial charge in [0, 0.05) is 11.9 Å².